The van der Waals surface area contributed by atoms with Gasteiger partial charge in [-0.3, -0.25) is 23.7 Å². The number of aromatic amines is 1. The minimum atomic E-state index is -4.12. The van der Waals surface area contributed by atoms with Gasteiger partial charge < -0.3 is 19.1 Å². The maximum atomic E-state index is 13.7. The number of para-hydroxylation sites is 1. The number of nitrogens with one attached hydrogen (secondary N) is 2. The van der Waals surface area contributed by atoms with Crippen molar-refractivity contribution >= 4 is 41.2 Å². The summed E-state index contributed by atoms with van der Waals surface area (Å²) in [5, 5.41) is 13.5. The van der Waals surface area contributed by atoms with Gasteiger partial charge in [-0.1, -0.05) is 59.6 Å². The van der Waals surface area contributed by atoms with Crippen LogP contribution in [0.4, 0.5) is 0 Å². The lowest BCUT2D eigenvalue weighted by atomic mass is 10.2. The second kappa shape index (κ2) is 12.2. The van der Waals surface area contributed by atoms with Gasteiger partial charge in [-0.05, 0) is 19.1 Å². The van der Waals surface area contributed by atoms with E-state index in [1.165, 1.54) is 6.20 Å². The van der Waals surface area contributed by atoms with Crippen molar-refractivity contribution in [3.8, 4) is 5.75 Å². The molecule has 1 fully saturated rings. The number of hydrogen-bond donors (Lipinski definition) is 3. The lowest BCUT2D eigenvalue weighted by Crippen LogP contribution is -2.41. The van der Waals surface area contributed by atoms with Gasteiger partial charge in [-0.25, -0.2) is 14.4 Å². The van der Waals surface area contributed by atoms with Crippen LogP contribution in [0, 0.1) is 5.92 Å². The first-order valence-electron chi connectivity index (χ1n) is 11.3. The number of benzene rings is 1. The highest BCUT2D eigenvalue weighted by atomic mass is 79.9. The predicted molar refractivity (Wildman–Crippen MR) is 138 cm³/mol. The standard InChI is InChI=1S/C22H28BrClN3O9P/c1-13(2)19(30)33-11-14(3)26-37(32,36-15-7-5-4-6-8-15)34-12-16-18(29)22(23,24)20(35-16)27-10-9-17(28)25-21(27)31/h4-10,13-14,16,18,20,29H,11-12H2,1-3H3,(H,26,32)(H,25,28,31)/t14?,16-,18-,20-,22+,37?/m1/s1. The zero-order valence-electron chi connectivity index (χ0n) is 20.2. The van der Waals surface area contributed by atoms with Crippen molar-refractivity contribution < 1.29 is 33.0 Å². The summed E-state index contributed by atoms with van der Waals surface area (Å²) in [5.74, 6) is -0.516. The van der Waals surface area contributed by atoms with Gasteiger partial charge >= 0.3 is 19.4 Å². The summed E-state index contributed by atoms with van der Waals surface area (Å²) in [6.45, 7) is 4.43. The average molecular weight is 625 g/mol. The fourth-order valence-electron chi connectivity index (χ4n) is 3.28. The molecule has 1 aliphatic rings. The van der Waals surface area contributed by atoms with E-state index in [-0.39, 0.29) is 18.3 Å². The molecule has 0 amide bonds. The number of hydrogen-bond acceptors (Lipinski definition) is 9. The van der Waals surface area contributed by atoms with Crippen LogP contribution in [-0.2, 0) is 23.4 Å². The third-order valence-corrected chi connectivity index (χ3v) is 8.15. The zero-order chi connectivity index (χ0) is 27.4. The molecular weight excluding hydrogens is 597 g/mol. The predicted octanol–water partition coefficient (Wildman–Crippen LogP) is 2.51. The lowest BCUT2D eigenvalue weighted by molar-refractivity contribution is -0.147. The second-order valence-corrected chi connectivity index (χ2v) is 12.8. The molecule has 6 atom stereocenters. The first-order valence-corrected chi connectivity index (χ1v) is 14.0. The van der Waals surface area contributed by atoms with Crippen LogP contribution in [-0.4, -0.2) is 55.9 Å². The fraction of sp³-hybridized carbons (Fsp3) is 0.500. The molecule has 0 bridgehead atoms. The number of aliphatic hydroxyl groups excluding tert-OH is 1. The summed E-state index contributed by atoms with van der Waals surface area (Å²) >= 11 is 9.64. The van der Waals surface area contributed by atoms with E-state index in [2.05, 4.69) is 26.0 Å². The zero-order valence-corrected chi connectivity index (χ0v) is 23.4. The largest absolute Gasteiger partial charge is 0.464 e. The molecule has 2 aromatic rings. The summed E-state index contributed by atoms with van der Waals surface area (Å²) in [6, 6.07) is 8.71. The van der Waals surface area contributed by atoms with Crippen molar-refractivity contribution in [3.05, 3.63) is 63.4 Å². The molecule has 1 saturated heterocycles. The number of alkyl halides is 2. The minimum Gasteiger partial charge on any atom is -0.464 e. The van der Waals surface area contributed by atoms with E-state index >= 15 is 0 Å². The number of ether oxygens (including phenoxy) is 2. The maximum absolute atomic E-state index is 13.7. The van der Waals surface area contributed by atoms with Crippen LogP contribution in [0.25, 0.3) is 0 Å². The van der Waals surface area contributed by atoms with Crippen LogP contribution in [0.1, 0.15) is 27.0 Å². The molecule has 1 aliphatic heterocycles. The molecule has 1 aromatic carbocycles. The molecule has 0 spiro atoms. The molecule has 1 aromatic heterocycles. The summed E-state index contributed by atoms with van der Waals surface area (Å²) in [5.41, 5.74) is -1.42. The molecule has 37 heavy (non-hydrogen) atoms. The number of aliphatic hydroxyl groups is 1. The molecular formula is C22H28BrClN3O9P. The highest BCUT2D eigenvalue weighted by molar-refractivity contribution is 9.10. The van der Waals surface area contributed by atoms with Gasteiger partial charge in [-0.15, -0.1) is 0 Å². The van der Waals surface area contributed by atoms with E-state index in [9.17, 15) is 24.1 Å². The molecule has 2 unspecified atom stereocenters. The van der Waals surface area contributed by atoms with E-state index in [0.717, 1.165) is 10.6 Å². The number of rotatable bonds is 11. The van der Waals surface area contributed by atoms with E-state index in [1.807, 2.05) is 0 Å². The Balaban J connectivity index is 1.75. The van der Waals surface area contributed by atoms with Gasteiger partial charge in [0.25, 0.3) is 5.56 Å². The quantitative estimate of drug-likeness (QED) is 0.193. The Labute approximate surface area is 225 Å². The van der Waals surface area contributed by atoms with Crippen LogP contribution in [0.2, 0.25) is 0 Å². The van der Waals surface area contributed by atoms with Crippen LogP contribution in [0.15, 0.2) is 52.2 Å². The summed E-state index contributed by atoms with van der Waals surface area (Å²) in [6.07, 6.45) is -2.68. The summed E-state index contributed by atoms with van der Waals surface area (Å²) in [7, 11) is -4.12. The third-order valence-electron chi connectivity index (χ3n) is 5.19. The first kappa shape index (κ1) is 29.6. The van der Waals surface area contributed by atoms with Gasteiger partial charge in [0.1, 0.15) is 24.6 Å². The smallest absolute Gasteiger partial charge is 0.459 e. The van der Waals surface area contributed by atoms with Crippen molar-refractivity contribution in [3.63, 3.8) is 0 Å². The van der Waals surface area contributed by atoms with Crippen molar-refractivity contribution in [1.82, 2.24) is 14.6 Å². The highest BCUT2D eigenvalue weighted by Crippen LogP contribution is 2.50. The Morgan fingerprint density at radius 3 is 2.59 bits per heavy atom. The van der Waals surface area contributed by atoms with Gasteiger partial charge in [-0.2, -0.15) is 0 Å². The topological polar surface area (TPSA) is 158 Å². The summed E-state index contributed by atoms with van der Waals surface area (Å²) in [4.78, 5) is 37.5. The Morgan fingerprint density at radius 2 is 1.97 bits per heavy atom. The highest BCUT2D eigenvalue weighted by Gasteiger charge is 2.55. The minimum absolute atomic E-state index is 0.103. The Morgan fingerprint density at radius 1 is 1.30 bits per heavy atom. The molecule has 0 saturated carbocycles. The molecule has 3 rings (SSSR count). The van der Waals surface area contributed by atoms with E-state index in [0.29, 0.717) is 0 Å². The fourth-order valence-corrected chi connectivity index (χ4v) is 5.74. The average Bonchev–Trinajstić information content (AvgIpc) is 3.05. The van der Waals surface area contributed by atoms with Gasteiger partial charge in [0, 0.05) is 18.3 Å². The van der Waals surface area contributed by atoms with E-state index in [4.69, 9.17) is 30.1 Å². The molecule has 15 heteroatoms. The Hall–Kier alpha value is -1.99. The second-order valence-electron chi connectivity index (χ2n) is 8.68. The normalized spacial score (nSPS) is 26.0. The maximum Gasteiger partial charge on any atom is 0.459 e. The Kier molecular flexibility index (Phi) is 9.79. The number of carbonyl (C=O) groups excluding carboxylic acids is 1. The van der Waals surface area contributed by atoms with Crippen LogP contribution < -0.4 is 20.9 Å². The van der Waals surface area contributed by atoms with Crippen molar-refractivity contribution in [2.75, 3.05) is 13.2 Å². The molecule has 204 valence electrons. The molecule has 0 radical (unpaired) electrons. The van der Waals surface area contributed by atoms with Crippen LogP contribution in [0.5, 0.6) is 5.75 Å². The van der Waals surface area contributed by atoms with Gasteiger partial charge in [0.2, 0.25) is 0 Å². The number of H-pyrrole nitrogens is 1. The molecule has 12 nitrogen and oxygen atoms in total. The number of nitrogens with zero attached hydrogens (tertiary/aromatic N) is 1. The molecule has 0 aliphatic carbocycles. The Bertz CT molecular complexity index is 1240. The first-order chi connectivity index (χ1) is 17.3. The molecule has 3 N–H and O–H groups in total. The van der Waals surface area contributed by atoms with E-state index in [1.54, 1.807) is 51.1 Å². The number of carbonyl (C=O) groups is 1. The summed E-state index contributed by atoms with van der Waals surface area (Å²) < 4.78 is 35.2. The van der Waals surface area contributed by atoms with Crippen molar-refractivity contribution in [1.29, 1.82) is 0 Å². The van der Waals surface area contributed by atoms with Crippen LogP contribution >= 0.6 is 35.3 Å². The lowest BCUT2D eigenvalue weighted by Gasteiger charge is -2.25. The molecule has 2 heterocycles. The van der Waals surface area contributed by atoms with Gasteiger partial charge in [0.15, 0.2) is 10.0 Å². The van der Waals surface area contributed by atoms with E-state index < -0.39 is 59.8 Å². The number of aromatic nitrogens is 2. The monoisotopic (exact) mass is 623 g/mol. The SMILES string of the molecule is CC(COC(=O)C(C)C)NP(=O)(OC[C@H]1O[C@@H](n2ccc(=O)[nH]c2=O)[C@](Cl)(Br)[C@@H]1O)Oc1ccccc1. The number of halogens is 2. The van der Waals surface area contributed by atoms with Crippen molar-refractivity contribution in [2.24, 2.45) is 5.92 Å². The van der Waals surface area contributed by atoms with Crippen molar-refractivity contribution in [2.45, 2.75) is 49.0 Å². The number of esters is 1. The van der Waals surface area contributed by atoms with Gasteiger partial charge in [0.05, 0.1) is 12.5 Å². The third kappa shape index (κ3) is 7.53. The van der Waals surface area contributed by atoms with Crippen LogP contribution in [0.3, 0.4) is 0 Å².